The van der Waals surface area contributed by atoms with Gasteiger partial charge in [0.25, 0.3) is 11.1 Å². The van der Waals surface area contributed by atoms with Crippen LogP contribution in [0.5, 0.6) is 10.9 Å². The number of imidazole rings is 1. The summed E-state index contributed by atoms with van der Waals surface area (Å²) >= 11 is 7.01. The lowest BCUT2D eigenvalue weighted by atomic mass is 10.2. The van der Waals surface area contributed by atoms with Crippen LogP contribution >= 0.6 is 22.9 Å². The third kappa shape index (κ3) is 4.58. The van der Waals surface area contributed by atoms with E-state index < -0.39 is 0 Å². The van der Waals surface area contributed by atoms with Gasteiger partial charge in [0, 0.05) is 10.7 Å². The lowest BCUT2D eigenvalue weighted by molar-refractivity contribution is 0.102. The fourth-order valence-corrected chi connectivity index (χ4v) is 3.33. The van der Waals surface area contributed by atoms with Gasteiger partial charge in [-0.15, -0.1) is 5.10 Å². The average molecular weight is 442 g/mol. The van der Waals surface area contributed by atoms with Crippen molar-refractivity contribution in [3.8, 4) is 16.6 Å². The number of benzene rings is 2. The topological polar surface area (TPSA) is 91.2 Å². The fourth-order valence-electron chi connectivity index (χ4n) is 2.62. The maximum Gasteiger partial charge on any atom is 0.296 e. The van der Waals surface area contributed by atoms with E-state index in [1.165, 1.54) is 6.20 Å². The molecule has 1 N–H and O–H groups in total. The van der Waals surface area contributed by atoms with Crippen molar-refractivity contribution in [1.29, 1.82) is 0 Å². The number of rotatable bonds is 7. The number of carbonyl (C=O) groups is 1. The number of amides is 1. The molecule has 0 saturated carbocycles. The number of nitrogens with zero attached hydrogens (tertiary/aromatic N) is 4. The van der Waals surface area contributed by atoms with Gasteiger partial charge >= 0.3 is 0 Å². The van der Waals surface area contributed by atoms with Crippen LogP contribution in [0.4, 0.5) is 5.13 Å². The first-order chi connectivity index (χ1) is 14.6. The molecular weight excluding hydrogens is 426 g/mol. The second kappa shape index (κ2) is 8.93. The molecule has 8 nitrogen and oxygen atoms in total. The molecule has 0 fully saturated rings. The molecule has 0 aliphatic rings. The van der Waals surface area contributed by atoms with E-state index in [1.54, 1.807) is 30.1 Å². The van der Waals surface area contributed by atoms with Crippen molar-refractivity contribution in [3.63, 3.8) is 0 Å². The van der Waals surface area contributed by atoms with Gasteiger partial charge in [-0.3, -0.25) is 14.7 Å². The summed E-state index contributed by atoms with van der Waals surface area (Å²) in [6, 6.07) is 14.6. The minimum atomic E-state index is -0.358. The Balaban J connectivity index is 1.41. The van der Waals surface area contributed by atoms with E-state index in [0.29, 0.717) is 27.6 Å². The van der Waals surface area contributed by atoms with E-state index in [9.17, 15) is 4.79 Å². The van der Waals surface area contributed by atoms with Crippen LogP contribution in [0.3, 0.4) is 0 Å². The molecule has 1 amide bonds. The van der Waals surface area contributed by atoms with Gasteiger partial charge in [0.1, 0.15) is 18.1 Å². The van der Waals surface area contributed by atoms with Crippen molar-refractivity contribution in [2.75, 3.05) is 12.4 Å². The highest BCUT2D eigenvalue weighted by Gasteiger charge is 2.16. The number of anilines is 1. The number of halogens is 1. The van der Waals surface area contributed by atoms with Gasteiger partial charge in [-0.05, 0) is 53.3 Å². The van der Waals surface area contributed by atoms with Crippen molar-refractivity contribution in [1.82, 2.24) is 19.7 Å². The molecule has 2 aromatic heterocycles. The van der Waals surface area contributed by atoms with Gasteiger partial charge in [0.15, 0.2) is 0 Å². The van der Waals surface area contributed by atoms with Gasteiger partial charge in [-0.25, -0.2) is 4.98 Å². The first kappa shape index (κ1) is 19.9. The van der Waals surface area contributed by atoms with Crippen molar-refractivity contribution >= 4 is 34.0 Å². The molecule has 0 radical (unpaired) electrons. The smallest absolute Gasteiger partial charge is 0.296 e. The highest BCUT2D eigenvalue weighted by atomic mass is 35.5. The van der Waals surface area contributed by atoms with Crippen molar-refractivity contribution in [2.45, 2.75) is 6.61 Å². The van der Waals surface area contributed by atoms with Gasteiger partial charge in [0.05, 0.1) is 19.6 Å². The minimum Gasteiger partial charge on any atom is -0.497 e. The molecule has 2 aromatic carbocycles. The first-order valence-electron chi connectivity index (χ1n) is 8.81. The molecule has 30 heavy (non-hydrogen) atoms. The average Bonchev–Trinajstić information content (AvgIpc) is 3.43. The third-order valence-electron chi connectivity index (χ3n) is 4.12. The van der Waals surface area contributed by atoms with E-state index in [-0.39, 0.29) is 5.91 Å². The van der Waals surface area contributed by atoms with Crippen molar-refractivity contribution in [3.05, 3.63) is 77.3 Å². The minimum absolute atomic E-state index is 0.323. The van der Waals surface area contributed by atoms with E-state index in [2.05, 4.69) is 20.5 Å². The summed E-state index contributed by atoms with van der Waals surface area (Å²) in [4.78, 5) is 16.8. The summed E-state index contributed by atoms with van der Waals surface area (Å²) in [7, 11) is 1.60. The van der Waals surface area contributed by atoms with Crippen molar-refractivity contribution < 1.29 is 14.3 Å². The number of carbonyl (C=O) groups excluding carboxylic acids is 1. The molecule has 0 atom stereocenters. The number of hydrogen-bond acceptors (Lipinski definition) is 7. The Morgan fingerprint density at radius 2 is 1.90 bits per heavy atom. The molecule has 152 valence electrons. The summed E-state index contributed by atoms with van der Waals surface area (Å²) in [6.45, 7) is 0.323. The number of ether oxygens (including phenoxy) is 2. The number of methoxy groups -OCH3 is 1. The second-order valence-electron chi connectivity index (χ2n) is 6.09. The van der Waals surface area contributed by atoms with E-state index >= 15 is 0 Å². The summed E-state index contributed by atoms with van der Waals surface area (Å²) in [5.41, 5.74) is 2.09. The summed E-state index contributed by atoms with van der Waals surface area (Å²) in [5.74, 6) is 0.369. The predicted octanol–water partition coefficient (Wildman–Crippen LogP) is 4.22. The molecule has 0 saturated heterocycles. The zero-order valence-electron chi connectivity index (χ0n) is 15.8. The number of aromatic nitrogens is 4. The Hall–Kier alpha value is -3.43. The molecular formula is C20H16ClN5O3S. The lowest BCUT2D eigenvalue weighted by Gasteiger charge is -2.08. The zero-order valence-corrected chi connectivity index (χ0v) is 17.4. The SMILES string of the molecule is COc1ccc(-n2cncc2C(=O)Nc2nnc(OCc3ccc(Cl)cc3)s2)cc1. The Kier molecular flexibility index (Phi) is 5.92. The first-order valence-corrected chi connectivity index (χ1v) is 10.0. The summed E-state index contributed by atoms with van der Waals surface area (Å²) in [6.07, 6.45) is 3.05. The van der Waals surface area contributed by atoms with Crippen LogP contribution in [0.2, 0.25) is 5.02 Å². The summed E-state index contributed by atoms with van der Waals surface area (Å²) < 4.78 is 12.5. The number of nitrogens with one attached hydrogen (secondary N) is 1. The van der Waals surface area contributed by atoms with Gasteiger partial charge < -0.3 is 9.47 Å². The Morgan fingerprint density at radius 1 is 1.13 bits per heavy atom. The monoisotopic (exact) mass is 441 g/mol. The molecule has 2 heterocycles. The second-order valence-corrected chi connectivity index (χ2v) is 7.47. The van der Waals surface area contributed by atoms with E-state index in [1.807, 2.05) is 36.4 Å². The molecule has 4 aromatic rings. The molecule has 0 spiro atoms. The normalized spacial score (nSPS) is 10.6. The van der Waals surface area contributed by atoms with Crippen LogP contribution in [-0.2, 0) is 6.61 Å². The maximum atomic E-state index is 12.7. The van der Waals surface area contributed by atoms with Crippen LogP contribution in [-0.4, -0.2) is 32.8 Å². The Morgan fingerprint density at radius 3 is 2.63 bits per heavy atom. The molecule has 0 aliphatic heterocycles. The zero-order chi connectivity index (χ0) is 20.9. The largest absolute Gasteiger partial charge is 0.497 e. The van der Waals surface area contributed by atoms with Crippen molar-refractivity contribution in [2.24, 2.45) is 0 Å². The Bertz CT molecular complexity index is 1140. The van der Waals surface area contributed by atoms with Crippen LogP contribution in [0.15, 0.2) is 61.1 Å². The molecule has 0 bridgehead atoms. The maximum absolute atomic E-state index is 12.7. The predicted molar refractivity (Wildman–Crippen MR) is 114 cm³/mol. The third-order valence-corrected chi connectivity index (χ3v) is 5.13. The lowest BCUT2D eigenvalue weighted by Crippen LogP contribution is -2.15. The van der Waals surface area contributed by atoms with Gasteiger partial charge in [0.2, 0.25) is 5.13 Å². The highest BCUT2D eigenvalue weighted by molar-refractivity contribution is 7.17. The van der Waals surface area contributed by atoms with Crippen LogP contribution in [0, 0.1) is 0 Å². The standard InChI is InChI=1S/C20H16ClN5O3S/c1-28-16-8-6-15(7-9-16)26-12-22-10-17(26)18(27)23-19-24-25-20(30-19)29-11-13-2-4-14(21)5-3-13/h2-10,12H,11H2,1H3,(H,23,24,27). The molecule has 0 aliphatic carbocycles. The van der Waals surface area contributed by atoms with Crippen LogP contribution < -0.4 is 14.8 Å². The van der Waals surface area contributed by atoms with Crippen LogP contribution in [0.25, 0.3) is 5.69 Å². The fraction of sp³-hybridized carbons (Fsp3) is 0.100. The van der Waals surface area contributed by atoms with E-state index in [0.717, 1.165) is 28.3 Å². The van der Waals surface area contributed by atoms with E-state index in [4.69, 9.17) is 21.1 Å². The molecule has 10 heteroatoms. The highest BCUT2D eigenvalue weighted by Crippen LogP contribution is 2.24. The molecule has 0 unspecified atom stereocenters. The van der Waals surface area contributed by atoms with Crippen LogP contribution in [0.1, 0.15) is 16.1 Å². The summed E-state index contributed by atoms with van der Waals surface area (Å²) in [5, 5.41) is 12.0. The molecule has 4 rings (SSSR count). The Labute approximate surface area is 181 Å². The van der Waals surface area contributed by atoms with Gasteiger partial charge in [-0.2, -0.15) is 0 Å². The quantitative estimate of drug-likeness (QED) is 0.461. The van der Waals surface area contributed by atoms with Gasteiger partial charge in [-0.1, -0.05) is 28.8 Å². The number of hydrogen-bond donors (Lipinski definition) is 1.